The summed E-state index contributed by atoms with van der Waals surface area (Å²) in [7, 11) is 0. The average Bonchev–Trinajstić information content (AvgIpc) is 2.23. The van der Waals surface area contributed by atoms with Gasteiger partial charge in [-0.25, -0.2) is 0 Å². The van der Waals surface area contributed by atoms with Crippen LogP contribution in [-0.2, 0) is 4.79 Å². The molecule has 1 aliphatic rings. The van der Waals surface area contributed by atoms with Crippen molar-refractivity contribution in [2.45, 2.75) is 46.2 Å². The average molecular weight is 241 g/mol. The predicted octanol–water partition coefficient (Wildman–Crippen LogP) is 0.831. The quantitative estimate of drug-likeness (QED) is 0.749. The molecule has 0 saturated carbocycles. The number of amides is 1. The normalized spacial score (nSPS) is 26.2. The fraction of sp³-hybridized carbons (Fsp3) is 0.923. The lowest BCUT2D eigenvalue weighted by atomic mass is 10.1. The molecule has 1 amide bonds. The molecular weight excluding hydrogens is 214 g/mol. The summed E-state index contributed by atoms with van der Waals surface area (Å²) in [5.41, 5.74) is 0. The number of carbonyl (C=O) groups excluding carboxylic acids is 1. The molecule has 2 N–H and O–H groups in total. The molecule has 0 spiro atoms. The van der Waals surface area contributed by atoms with E-state index in [4.69, 9.17) is 0 Å². The summed E-state index contributed by atoms with van der Waals surface area (Å²) in [4.78, 5) is 14.0. The van der Waals surface area contributed by atoms with Gasteiger partial charge in [0.2, 0.25) is 5.91 Å². The minimum atomic E-state index is 0.159. The monoisotopic (exact) mass is 241 g/mol. The maximum absolute atomic E-state index is 11.8. The van der Waals surface area contributed by atoms with Gasteiger partial charge in [0.1, 0.15) is 0 Å². The molecule has 2 unspecified atom stereocenters. The van der Waals surface area contributed by atoms with E-state index >= 15 is 0 Å². The molecule has 1 aliphatic heterocycles. The predicted molar refractivity (Wildman–Crippen MR) is 71.0 cm³/mol. The fourth-order valence-corrected chi connectivity index (χ4v) is 2.06. The summed E-state index contributed by atoms with van der Waals surface area (Å²) < 4.78 is 0. The van der Waals surface area contributed by atoms with Gasteiger partial charge in [0.15, 0.2) is 0 Å². The summed E-state index contributed by atoms with van der Waals surface area (Å²) in [6, 6.07) is 0.928. The third kappa shape index (κ3) is 5.50. The van der Waals surface area contributed by atoms with Crippen LogP contribution in [0.2, 0.25) is 0 Å². The van der Waals surface area contributed by atoms with Crippen molar-refractivity contribution in [1.82, 2.24) is 15.5 Å². The van der Waals surface area contributed by atoms with E-state index in [1.807, 2.05) is 0 Å². The van der Waals surface area contributed by atoms with Crippen LogP contribution in [0.1, 0.15) is 34.1 Å². The van der Waals surface area contributed by atoms with Crippen molar-refractivity contribution in [3.8, 4) is 0 Å². The van der Waals surface area contributed by atoms with E-state index in [1.165, 1.54) is 0 Å². The van der Waals surface area contributed by atoms with Crippen LogP contribution in [-0.4, -0.2) is 49.1 Å². The van der Waals surface area contributed by atoms with E-state index < -0.39 is 0 Å². The van der Waals surface area contributed by atoms with Crippen molar-refractivity contribution in [3.05, 3.63) is 0 Å². The van der Waals surface area contributed by atoms with Gasteiger partial charge in [0.25, 0.3) is 0 Å². The Morgan fingerprint density at radius 2 is 2.18 bits per heavy atom. The van der Waals surface area contributed by atoms with Crippen molar-refractivity contribution in [2.24, 2.45) is 5.92 Å². The molecule has 4 heteroatoms. The number of nitrogens with one attached hydrogen (secondary N) is 2. The Morgan fingerprint density at radius 1 is 1.47 bits per heavy atom. The van der Waals surface area contributed by atoms with Crippen LogP contribution in [0.3, 0.4) is 0 Å². The van der Waals surface area contributed by atoms with Gasteiger partial charge in [-0.2, -0.15) is 0 Å². The first-order valence-corrected chi connectivity index (χ1v) is 6.73. The van der Waals surface area contributed by atoms with Crippen molar-refractivity contribution >= 4 is 5.91 Å². The molecule has 0 aromatic carbocycles. The first-order chi connectivity index (χ1) is 7.99. The molecule has 1 heterocycles. The van der Waals surface area contributed by atoms with Gasteiger partial charge in [0.05, 0.1) is 6.54 Å². The van der Waals surface area contributed by atoms with Crippen LogP contribution in [0.15, 0.2) is 0 Å². The number of hydrogen-bond acceptors (Lipinski definition) is 3. The summed E-state index contributed by atoms with van der Waals surface area (Å²) in [5, 5.41) is 6.42. The molecule has 1 fully saturated rings. The molecule has 0 radical (unpaired) electrons. The molecule has 0 aromatic rings. The SMILES string of the molecule is CC(C)CCNC(=O)CN1CC(C)NCC1C. The molecule has 0 aromatic heterocycles. The summed E-state index contributed by atoms with van der Waals surface area (Å²) in [6.07, 6.45) is 1.05. The second-order valence-electron chi connectivity index (χ2n) is 5.62. The van der Waals surface area contributed by atoms with Gasteiger partial charge >= 0.3 is 0 Å². The molecule has 4 nitrogen and oxygen atoms in total. The highest BCUT2D eigenvalue weighted by atomic mass is 16.2. The lowest BCUT2D eigenvalue weighted by Gasteiger charge is -2.36. The number of piperazine rings is 1. The minimum absolute atomic E-state index is 0.159. The summed E-state index contributed by atoms with van der Waals surface area (Å²) in [5.74, 6) is 0.806. The third-order valence-corrected chi connectivity index (χ3v) is 3.28. The lowest BCUT2D eigenvalue weighted by molar-refractivity contribution is -0.123. The van der Waals surface area contributed by atoms with E-state index in [9.17, 15) is 4.79 Å². The summed E-state index contributed by atoms with van der Waals surface area (Å²) >= 11 is 0. The van der Waals surface area contributed by atoms with Crippen LogP contribution in [0.4, 0.5) is 0 Å². The Labute approximate surface area is 105 Å². The first kappa shape index (κ1) is 14.5. The highest BCUT2D eigenvalue weighted by Crippen LogP contribution is 2.05. The van der Waals surface area contributed by atoms with Crippen molar-refractivity contribution in [1.29, 1.82) is 0 Å². The van der Waals surface area contributed by atoms with Gasteiger partial charge in [-0.3, -0.25) is 9.69 Å². The van der Waals surface area contributed by atoms with Crippen molar-refractivity contribution in [2.75, 3.05) is 26.2 Å². The van der Waals surface area contributed by atoms with E-state index in [-0.39, 0.29) is 5.91 Å². The van der Waals surface area contributed by atoms with E-state index in [0.29, 0.717) is 24.5 Å². The zero-order chi connectivity index (χ0) is 12.8. The zero-order valence-electron chi connectivity index (χ0n) is 11.6. The van der Waals surface area contributed by atoms with E-state index in [2.05, 4.69) is 43.2 Å². The number of rotatable bonds is 5. The van der Waals surface area contributed by atoms with Gasteiger partial charge in [-0.1, -0.05) is 13.8 Å². The minimum Gasteiger partial charge on any atom is -0.355 e. The molecule has 17 heavy (non-hydrogen) atoms. The Morgan fingerprint density at radius 3 is 2.82 bits per heavy atom. The Bertz CT molecular complexity index is 243. The number of carbonyl (C=O) groups is 1. The number of nitrogens with zero attached hydrogens (tertiary/aromatic N) is 1. The maximum atomic E-state index is 11.8. The summed E-state index contributed by atoms with van der Waals surface area (Å²) in [6.45, 7) is 11.9. The van der Waals surface area contributed by atoms with Gasteiger partial charge < -0.3 is 10.6 Å². The Balaban J connectivity index is 2.24. The molecule has 0 bridgehead atoms. The molecule has 1 saturated heterocycles. The molecule has 2 atom stereocenters. The maximum Gasteiger partial charge on any atom is 0.234 e. The Hall–Kier alpha value is -0.610. The number of hydrogen-bond donors (Lipinski definition) is 2. The molecule has 0 aliphatic carbocycles. The van der Waals surface area contributed by atoms with E-state index in [0.717, 1.165) is 26.1 Å². The van der Waals surface area contributed by atoms with Crippen LogP contribution in [0.5, 0.6) is 0 Å². The zero-order valence-corrected chi connectivity index (χ0v) is 11.6. The molecule has 100 valence electrons. The van der Waals surface area contributed by atoms with Gasteiger partial charge in [-0.15, -0.1) is 0 Å². The van der Waals surface area contributed by atoms with Crippen molar-refractivity contribution in [3.63, 3.8) is 0 Å². The fourth-order valence-electron chi connectivity index (χ4n) is 2.06. The van der Waals surface area contributed by atoms with Gasteiger partial charge in [0, 0.05) is 31.7 Å². The van der Waals surface area contributed by atoms with Crippen LogP contribution >= 0.6 is 0 Å². The van der Waals surface area contributed by atoms with Crippen LogP contribution in [0, 0.1) is 5.92 Å². The van der Waals surface area contributed by atoms with Crippen molar-refractivity contribution < 1.29 is 4.79 Å². The first-order valence-electron chi connectivity index (χ1n) is 6.73. The molecular formula is C13H27N3O. The standard InChI is InChI=1S/C13H27N3O/c1-10(2)5-6-14-13(17)9-16-8-11(3)15-7-12(16)4/h10-12,15H,5-9H2,1-4H3,(H,14,17). The topological polar surface area (TPSA) is 44.4 Å². The smallest absolute Gasteiger partial charge is 0.234 e. The van der Waals surface area contributed by atoms with Gasteiger partial charge in [-0.05, 0) is 26.2 Å². The highest BCUT2D eigenvalue weighted by molar-refractivity contribution is 5.78. The van der Waals surface area contributed by atoms with E-state index in [1.54, 1.807) is 0 Å². The lowest BCUT2D eigenvalue weighted by Crippen LogP contribution is -2.56. The van der Waals surface area contributed by atoms with Crippen LogP contribution in [0.25, 0.3) is 0 Å². The second-order valence-corrected chi connectivity index (χ2v) is 5.62. The van der Waals surface area contributed by atoms with Crippen LogP contribution < -0.4 is 10.6 Å². The second kappa shape index (κ2) is 6.97. The highest BCUT2D eigenvalue weighted by Gasteiger charge is 2.23. The molecule has 1 rings (SSSR count). The Kier molecular flexibility index (Phi) is 5.92. The largest absolute Gasteiger partial charge is 0.355 e. The third-order valence-electron chi connectivity index (χ3n) is 3.28.